The summed E-state index contributed by atoms with van der Waals surface area (Å²) in [5.74, 6) is -0.211. The zero-order chi connectivity index (χ0) is 33.8. The number of carbonyl (C=O) groups excluding carboxylic acids is 3. The van der Waals surface area contributed by atoms with Crippen molar-refractivity contribution in [3.05, 3.63) is 59.7 Å². The molecule has 3 N–H and O–H groups in total. The molecule has 2 aromatic rings. The van der Waals surface area contributed by atoms with E-state index < -0.39 is 6.04 Å². The van der Waals surface area contributed by atoms with E-state index in [4.69, 9.17) is 9.47 Å². The zero-order valence-electron chi connectivity index (χ0n) is 28.6. The van der Waals surface area contributed by atoms with Gasteiger partial charge in [0.2, 0.25) is 5.91 Å². The van der Waals surface area contributed by atoms with E-state index in [0.29, 0.717) is 36.7 Å². The quantitative estimate of drug-likeness (QED) is 0.340. The minimum absolute atomic E-state index is 0.106. The van der Waals surface area contributed by atoms with Gasteiger partial charge in [0.15, 0.2) is 0 Å². The Hall–Kier alpha value is -3.63. The molecule has 47 heavy (non-hydrogen) atoms. The third-order valence-electron chi connectivity index (χ3n) is 9.28. The number of amides is 4. The summed E-state index contributed by atoms with van der Waals surface area (Å²) in [5, 5.41) is 16.4. The number of anilines is 1. The van der Waals surface area contributed by atoms with Crippen molar-refractivity contribution in [2.45, 2.75) is 103 Å². The summed E-state index contributed by atoms with van der Waals surface area (Å²) in [6.45, 7) is 6.79. The lowest BCUT2D eigenvalue weighted by molar-refractivity contribution is -0.115. The minimum Gasteiger partial charge on any atom is -0.490 e. The molecule has 0 saturated heterocycles. The third-order valence-corrected chi connectivity index (χ3v) is 9.28. The Morgan fingerprint density at radius 3 is 2.47 bits per heavy atom. The van der Waals surface area contributed by atoms with Crippen LogP contribution in [-0.2, 0) is 16.0 Å². The van der Waals surface area contributed by atoms with Crippen molar-refractivity contribution in [3.63, 3.8) is 0 Å². The SMILES string of the molecule is C[C@@H]1CCCCO[C@H](CN(C)C(=O)NC2CCCCC2)[C@@H](C)CN([C@@H](C)CO)C(=O)c2cc(NC(=O)Cc3ccccc3)ccc2O1. The molecule has 0 radical (unpaired) electrons. The molecule has 1 aliphatic heterocycles. The highest BCUT2D eigenvalue weighted by atomic mass is 16.5. The molecule has 1 heterocycles. The first-order valence-electron chi connectivity index (χ1n) is 17.3. The van der Waals surface area contributed by atoms with Crippen LogP contribution in [0.1, 0.15) is 88.1 Å². The highest BCUT2D eigenvalue weighted by Crippen LogP contribution is 2.29. The molecular weight excluding hydrogens is 596 g/mol. The summed E-state index contributed by atoms with van der Waals surface area (Å²) >= 11 is 0. The fourth-order valence-corrected chi connectivity index (χ4v) is 6.33. The van der Waals surface area contributed by atoms with Crippen LogP contribution in [0.15, 0.2) is 48.5 Å². The Morgan fingerprint density at radius 2 is 1.74 bits per heavy atom. The number of nitrogens with one attached hydrogen (secondary N) is 2. The molecule has 1 saturated carbocycles. The van der Waals surface area contributed by atoms with E-state index in [-0.39, 0.29) is 55.0 Å². The molecule has 4 atom stereocenters. The van der Waals surface area contributed by atoms with Crippen LogP contribution >= 0.6 is 0 Å². The Morgan fingerprint density at radius 1 is 1.02 bits per heavy atom. The zero-order valence-corrected chi connectivity index (χ0v) is 28.6. The third kappa shape index (κ3) is 11.0. The number of likely N-dealkylation sites (N-methyl/N-ethyl adjacent to an activating group) is 1. The topological polar surface area (TPSA) is 120 Å². The van der Waals surface area contributed by atoms with Gasteiger partial charge in [-0.3, -0.25) is 9.59 Å². The molecule has 1 fully saturated rings. The maximum atomic E-state index is 14.4. The number of rotatable bonds is 8. The van der Waals surface area contributed by atoms with Crippen LogP contribution in [0.4, 0.5) is 10.5 Å². The molecule has 10 heteroatoms. The van der Waals surface area contributed by atoms with Crippen molar-refractivity contribution in [2.24, 2.45) is 5.92 Å². The highest BCUT2D eigenvalue weighted by Gasteiger charge is 2.31. The molecule has 2 aromatic carbocycles. The van der Waals surface area contributed by atoms with Crippen molar-refractivity contribution in [2.75, 3.05) is 38.7 Å². The number of hydrogen-bond donors (Lipinski definition) is 3. The van der Waals surface area contributed by atoms with Crippen molar-refractivity contribution in [3.8, 4) is 5.75 Å². The lowest BCUT2D eigenvalue weighted by Gasteiger charge is -2.36. The number of hydrogen-bond acceptors (Lipinski definition) is 6. The summed E-state index contributed by atoms with van der Waals surface area (Å²) < 4.78 is 12.7. The first kappa shape index (κ1) is 36.2. The summed E-state index contributed by atoms with van der Waals surface area (Å²) in [6.07, 6.45) is 7.73. The van der Waals surface area contributed by atoms with Crippen LogP contribution in [0.25, 0.3) is 0 Å². The average molecular weight is 651 g/mol. The molecular formula is C37H54N4O6. The van der Waals surface area contributed by atoms with E-state index in [1.807, 2.05) is 51.1 Å². The van der Waals surface area contributed by atoms with Gasteiger partial charge in [-0.05, 0) is 69.7 Å². The normalized spacial score (nSPS) is 22.3. The second-order valence-corrected chi connectivity index (χ2v) is 13.4. The van der Waals surface area contributed by atoms with Gasteiger partial charge in [0.05, 0.1) is 36.8 Å². The van der Waals surface area contributed by atoms with E-state index in [9.17, 15) is 19.5 Å². The van der Waals surface area contributed by atoms with Gasteiger partial charge in [0.1, 0.15) is 5.75 Å². The Labute approximate surface area is 280 Å². The van der Waals surface area contributed by atoms with Gasteiger partial charge >= 0.3 is 6.03 Å². The van der Waals surface area contributed by atoms with Gasteiger partial charge in [-0.2, -0.15) is 0 Å². The molecule has 2 aliphatic rings. The molecule has 10 nitrogen and oxygen atoms in total. The number of benzene rings is 2. The molecule has 4 amide bonds. The molecule has 0 unspecified atom stereocenters. The smallest absolute Gasteiger partial charge is 0.317 e. The predicted octanol–water partition coefficient (Wildman–Crippen LogP) is 5.64. The van der Waals surface area contributed by atoms with Crippen LogP contribution in [-0.4, -0.2) is 90.4 Å². The molecule has 0 spiro atoms. The van der Waals surface area contributed by atoms with Gasteiger partial charge in [0.25, 0.3) is 5.91 Å². The van der Waals surface area contributed by atoms with E-state index in [2.05, 4.69) is 10.6 Å². The van der Waals surface area contributed by atoms with Crippen LogP contribution in [0.5, 0.6) is 5.75 Å². The number of aliphatic hydroxyl groups is 1. The summed E-state index contributed by atoms with van der Waals surface area (Å²) in [7, 11) is 1.79. The van der Waals surface area contributed by atoms with Gasteiger partial charge in [-0.15, -0.1) is 0 Å². The van der Waals surface area contributed by atoms with Crippen LogP contribution in [0.3, 0.4) is 0 Å². The summed E-state index contributed by atoms with van der Waals surface area (Å²) in [5.41, 5.74) is 1.70. The number of carbonyl (C=O) groups is 3. The number of urea groups is 1. The molecule has 0 bridgehead atoms. The molecule has 4 rings (SSSR count). The largest absolute Gasteiger partial charge is 0.490 e. The van der Waals surface area contributed by atoms with E-state index in [1.54, 1.807) is 35.0 Å². The second-order valence-electron chi connectivity index (χ2n) is 13.4. The van der Waals surface area contributed by atoms with Gasteiger partial charge in [-0.1, -0.05) is 56.5 Å². The Bertz CT molecular complexity index is 1300. The van der Waals surface area contributed by atoms with Crippen LogP contribution in [0.2, 0.25) is 0 Å². The lowest BCUT2D eigenvalue weighted by atomic mass is 9.96. The number of nitrogens with zero attached hydrogens (tertiary/aromatic N) is 2. The van der Waals surface area contributed by atoms with Gasteiger partial charge in [-0.25, -0.2) is 4.79 Å². The minimum atomic E-state index is -0.493. The Kier molecular flexibility index (Phi) is 13.9. The van der Waals surface area contributed by atoms with E-state index >= 15 is 0 Å². The summed E-state index contributed by atoms with van der Waals surface area (Å²) in [4.78, 5) is 43.7. The number of aliphatic hydroxyl groups excluding tert-OH is 1. The molecule has 258 valence electrons. The predicted molar refractivity (Wildman–Crippen MR) is 184 cm³/mol. The second kappa shape index (κ2) is 18.1. The standard InChI is InChI=1S/C37H54N4O6/c1-26-23-41(27(2)25-42)36(44)32-22-31(38-35(43)21-29-14-7-5-8-15-29)18-19-33(32)47-28(3)13-11-12-20-46-34(26)24-40(4)37(45)39-30-16-9-6-10-17-30/h5,7-8,14-15,18-19,22,26-28,30,34,42H,6,9-13,16-17,20-21,23-25H2,1-4H3,(H,38,43)(H,39,45)/t26-,27-,28+,34+/m0/s1. The average Bonchev–Trinajstić information content (AvgIpc) is 3.06. The van der Waals surface area contributed by atoms with Crippen molar-refractivity contribution in [1.82, 2.24) is 15.1 Å². The van der Waals surface area contributed by atoms with Crippen LogP contribution in [0, 0.1) is 5.92 Å². The maximum absolute atomic E-state index is 14.4. The Balaban J connectivity index is 1.56. The fourth-order valence-electron chi connectivity index (χ4n) is 6.33. The maximum Gasteiger partial charge on any atom is 0.317 e. The fraction of sp³-hybridized carbons (Fsp3) is 0.595. The van der Waals surface area contributed by atoms with Crippen molar-refractivity contribution < 1.29 is 29.0 Å². The van der Waals surface area contributed by atoms with E-state index in [0.717, 1.165) is 50.5 Å². The summed E-state index contributed by atoms with van der Waals surface area (Å²) in [6, 6.07) is 14.3. The number of ether oxygens (including phenoxy) is 2. The molecule has 0 aromatic heterocycles. The van der Waals surface area contributed by atoms with E-state index in [1.165, 1.54) is 6.42 Å². The van der Waals surface area contributed by atoms with Gasteiger partial charge < -0.3 is 35.0 Å². The lowest BCUT2D eigenvalue weighted by Crippen LogP contribution is -2.50. The van der Waals surface area contributed by atoms with Crippen molar-refractivity contribution >= 4 is 23.5 Å². The molecule has 1 aliphatic carbocycles. The van der Waals surface area contributed by atoms with Gasteiger partial charge in [0, 0.05) is 44.4 Å². The number of fused-ring (bicyclic) bond motifs is 1. The highest BCUT2D eigenvalue weighted by molar-refractivity contribution is 6.00. The first-order valence-corrected chi connectivity index (χ1v) is 17.3. The first-order chi connectivity index (χ1) is 22.6. The van der Waals surface area contributed by atoms with Crippen molar-refractivity contribution in [1.29, 1.82) is 0 Å². The monoisotopic (exact) mass is 650 g/mol. The van der Waals surface area contributed by atoms with Crippen LogP contribution < -0.4 is 15.4 Å².